The second kappa shape index (κ2) is 13.8. The van der Waals surface area contributed by atoms with Crippen LogP contribution >= 0.6 is 0 Å². The maximum atomic E-state index is 13.3. The van der Waals surface area contributed by atoms with Crippen LogP contribution in [0.25, 0.3) is 0 Å². The second-order valence-electron chi connectivity index (χ2n) is 9.39. The van der Waals surface area contributed by atoms with E-state index in [0.29, 0.717) is 25.6 Å². The number of amides is 2. The predicted molar refractivity (Wildman–Crippen MR) is 154 cm³/mol. The van der Waals surface area contributed by atoms with Gasteiger partial charge in [-0.3, -0.25) is 10.1 Å². The maximum Gasteiger partial charge on any atom is 0.322 e. The van der Waals surface area contributed by atoms with Gasteiger partial charge >= 0.3 is 6.03 Å². The highest BCUT2D eigenvalue weighted by atomic mass is 16.4. The number of carboxylic acids is 1. The molecule has 10 nitrogen and oxygen atoms in total. The molecule has 0 spiro atoms. The standard InChI is InChI=1S/C28H29N7O.C2H4O2/c29-20-31-27(33-25-13-7-10-22-18-30-15-14-24(22)25)34-16-17-35(26(19-34)21-8-3-1-4-9-21)28(36)32-23-11-5-2-6-12-23;1-2(3)4/h1-13,26,30H,14-19H2,(H,31,33)(H,32,36);1H3,(H,3,4). The van der Waals surface area contributed by atoms with Gasteiger partial charge in [0.1, 0.15) is 0 Å². The van der Waals surface area contributed by atoms with Crippen LogP contribution in [0, 0.1) is 11.5 Å². The molecule has 3 aromatic rings. The number of carbonyl (C=O) groups excluding carboxylic acids is 1. The van der Waals surface area contributed by atoms with E-state index in [9.17, 15) is 10.1 Å². The summed E-state index contributed by atoms with van der Waals surface area (Å²) in [4.78, 5) is 31.1. The molecule has 1 unspecified atom stereocenters. The normalized spacial score (nSPS) is 16.5. The summed E-state index contributed by atoms with van der Waals surface area (Å²) in [5.41, 5.74) is 5.13. The lowest BCUT2D eigenvalue weighted by atomic mass is 9.99. The molecule has 2 heterocycles. The number of piperazine rings is 1. The van der Waals surface area contributed by atoms with Crippen LogP contribution in [-0.2, 0) is 17.8 Å². The van der Waals surface area contributed by atoms with Gasteiger partial charge in [0.15, 0.2) is 6.19 Å². The Kier molecular flexibility index (Phi) is 9.69. The summed E-state index contributed by atoms with van der Waals surface area (Å²) < 4.78 is 0. The number of aliphatic imine (C=N–C) groups is 1. The number of para-hydroxylation sites is 1. The zero-order chi connectivity index (χ0) is 28.3. The van der Waals surface area contributed by atoms with E-state index in [0.717, 1.165) is 43.4 Å². The molecule has 40 heavy (non-hydrogen) atoms. The summed E-state index contributed by atoms with van der Waals surface area (Å²) in [6, 6.07) is 25.2. The molecule has 10 heteroatoms. The molecule has 2 aliphatic rings. The lowest BCUT2D eigenvalue weighted by molar-refractivity contribution is -0.134. The van der Waals surface area contributed by atoms with Crippen molar-refractivity contribution in [3.63, 3.8) is 0 Å². The molecule has 0 saturated carbocycles. The monoisotopic (exact) mass is 539 g/mol. The Morgan fingerprint density at radius 1 is 1.02 bits per heavy atom. The van der Waals surface area contributed by atoms with E-state index < -0.39 is 5.97 Å². The molecule has 2 amide bonds. The van der Waals surface area contributed by atoms with Crippen molar-refractivity contribution < 1.29 is 14.7 Å². The van der Waals surface area contributed by atoms with E-state index in [1.807, 2.05) is 77.7 Å². The SMILES string of the molecule is CC(=O)O.N#CNC(=Nc1cccc2c1CCNC2)N1CCN(C(=O)Nc2ccccc2)C(c2ccccc2)C1. The lowest BCUT2D eigenvalue weighted by Crippen LogP contribution is -2.55. The molecule has 0 bridgehead atoms. The summed E-state index contributed by atoms with van der Waals surface area (Å²) in [6.45, 7) is 4.37. The number of hydrogen-bond donors (Lipinski definition) is 4. The van der Waals surface area contributed by atoms with Gasteiger partial charge in [0, 0.05) is 38.8 Å². The van der Waals surface area contributed by atoms with E-state index in [1.165, 1.54) is 11.1 Å². The van der Waals surface area contributed by atoms with Gasteiger partial charge < -0.3 is 25.5 Å². The van der Waals surface area contributed by atoms with Crippen molar-refractivity contribution in [2.24, 2.45) is 4.99 Å². The molecule has 3 aromatic carbocycles. The molecule has 206 valence electrons. The van der Waals surface area contributed by atoms with Crippen molar-refractivity contribution >= 4 is 29.3 Å². The number of fused-ring (bicyclic) bond motifs is 1. The molecule has 1 fully saturated rings. The topological polar surface area (TPSA) is 133 Å². The number of anilines is 1. The minimum Gasteiger partial charge on any atom is -0.481 e. The van der Waals surface area contributed by atoms with Crippen LogP contribution in [0.3, 0.4) is 0 Å². The average Bonchev–Trinajstić information content (AvgIpc) is 2.97. The number of aliphatic carboxylic acids is 1. The summed E-state index contributed by atoms with van der Waals surface area (Å²) in [5, 5.41) is 26.2. The number of nitrogens with one attached hydrogen (secondary N) is 3. The average molecular weight is 540 g/mol. The molecule has 2 aliphatic heterocycles. The fraction of sp³-hybridized carbons (Fsp3) is 0.267. The van der Waals surface area contributed by atoms with Crippen LogP contribution in [0.1, 0.15) is 29.7 Å². The van der Waals surface area contributed by atoms with Crippen LogP contribution in [0.5, 0.6) is 0 Å². The molecular formula is C30H33N7O3. The number of carboxylic acid groups (broad SMARTS) is 1. The highest BCUT2D eigenvalue weighted by Crippen LogP contribution is 2.29. The third-order valence-electron chi connectivity index (χ3n) is 6.66. The first kappa shape index (κ1) is 28.1. The number of benzene rings is 3. The summed E-state index contributed by atoms with van der Waals surface area (Å²) >= 11 is 0. The predicted octanol–water partition coefficient (Wildman–Crippen LogP) is 4.07. The third kappa shape index (κ3) is 7.36. The van der Waals surface area contributed by atoms with Crippen molar-refractivity contribution in [1.82, 2.24) is 20.4 Å². The minimum atomic E-state index is -0.833. The van der Waals surface area contributed by atoms with Crippen molar-refractivity contribution in [2.45, 2.75) is 25.9 Å². The Hall–Kier alpha value is -4.88. The number of nitriles is 1. The number of carbonyl (C=O) groups is 2. The van der Waals surface area contributed by atoms with Crippen LogP contribution in [0.4, 0.5) is 16.2 Å². The Morgan fingerprint density at radius 3 is 2.42 bits per heavy atom. The van der Waals surface area contributed by atoms with E-state index in [4.69, 9.17) is 14.9 Å². The zero-order valence-corrected chi connectivity index (χ0v) is 22.4. The molecule has 5 rings (SSSR count). The number of guanidine groups is 1. The number of nitrogens with zero attached hydrogens (tertiary/aromatic N) is 4. The summed E-state index contributed by atoms with van der Waals surface area (Å²) in [6.07, 6.45) is 2.96. The number of rotatable bonds is 3. The van der Waals surface area contributed by atoms with E-state index in [-0.39, 0.29) is 12.1 Å². The Balaban J connectivity index is 0.000000867. The van der Waals surface area contributed by atoms with Gasteiger partial charge in [0.05, 0.1) is 11.7 Å². The van der Waals surface area contributed by atoms with Crippen LogP contribution in [0.15, 0.2) is 83.9 Å². The summed E-state index contributed by atoms with van der Waals surface area (Å²) in [7, 11) is 0. The largest absolute Gasteiger partial charge is 0.481 e. The zero-order valence-electron chi connectivity index (χ0n) is 22.4. The fourth-order valence-electron chi connectivity index (χ4n) is 4.85. The van der Waals surface area contributed by atoms with Gasteiger partial charge in [-0.2, -0.15) is 5.26 Å². The molecule has 0 aromatic heterocycles. The second-order valence-corrected chi connectivity index (χ2v) is 9.39. The third-order valence-corrected chi connectivity index (χ3v) is 6.66. The van der Waals surface area contributed by atoms with Crippen molar-refractivity contribution in [2.75, 3.05) is 31.5 Å². The van der Waals surface area contributed by atoms with Crippen molar-refractivity contribution in [3.8, 4) is 6.19 Å². The molecule has 1 atom stereocenters. The van der Waals surface area contributed by atoms with Crippen molar-refractivity contribution in [3.05, 3.63) is 95.6 Å². The van der Waals surface area contributed by atoms with Gasteiger partial charge in [0.25, 0.3) is 5.97 Å². The molecule has 1 saturated heterocycles. The molecule has 4 N–H and O–H groups in total. The van der Waals surface area contributed by atoms with Crippen molar-refractivity contribution in [1.29, 1.82) is 5.26 Å². The van der Waals surface area contributed by atoms with Gasteiger partial charge in [-0.05, 0) is 47.9 Å². The Morgan fingerprint density at radius 2 is 1.73 bits per heavy atom. The minimum absolute atomic E-state index is 0.147. The highest BCUT2D eigenvalue weighted by molar-refractivity contribution is 5.90. The van der Waals surface area contributed by atoms with E-state index in [1.54, 1.807) is 0 Å². The van der Waals surface area contributed by atoms with Crippen LogP contribution in [-0.4, -0.2) is 59.0 Å². The van der Waals surface area contributed by atoms with Crippen LogP contribution < -0.4 is 16.0 Å². The smallest absolute Gasteiger partial charge is 0.322 e. The molecule has 0 aliphatic carbocycles. The lowest BCUT2D eigenvalue weighted by Gasteiger charge is -2.42. The number of hydrogen-bond acceptors (Lipinski definition) is 5. The van der Waals surface area contributed by atoms with Crippen LogP contribution in [0.2, 0.25) is 0 Å². The first-order chi connectivity index (χ1) is 19.5. The maximum absolute atomic E-state index is 13.3. The van der Waals surface area contributed by atoms with Gasteiger partial charge in [-0.1, -0.05) is 60.7 Å². The van der Waals surface area contributed by atoms with Gasteiger partial charge in [-0.15, -0.1) is 0 Å². The Labute approximate surface area is 233 Å². The highest BCUT2D eigenvalue weighted by Gasteiger charge is 2.33. The number of urea groups is 1. The van der Waals surface area contributed by atoms with E-state index in [2.05, 4.69) is 33.1 Å². The Bertz CT molecular complexity index is 1370. The van der Waals surface area contributed by atoms with E-state index >= 15 is 0 Å². The summed E-state index contributed by atoms with van der Waals surface area (Å²) in [5.74, 6) is -0.325. The first-order valence-corrected chi connectivity index (χ1v) is 13.1. The quantitative estimate of drug-likeness (QED) is 0.171. The van der Waals surface area contributed by atoms with Gasteiger partial charge in [0.2, 0.25) is 5.96 Å². The van der Waals surface area contributed by atoms with Gasteiger partial charge in [-0.25, -0.2) is 9.79 Å². The first-order valence-electron chi connectivity index (χ1n) is 13.1. The molecule has 0 radical (unpaired) electrons. The molecular weight excluding hydrogens is 506 g/mol. The fourth-order valence-corrected chi connectivity index (χ4v) is 4.85.